The molecule has 1 aliphatic rings. The Morgan fingerprint density at radius 3 is 2.53 bits per heavy atom. The summed E-state index contributed by atoms with van der Waals surface area (Å²) in [6.45, 7) is 3.20. The second-order valence-corrected chi connectivity index (χ2v) is 8.48. The lowest BCUT2D eigenvalue weighted by Gasteiger charge is -2.21. The third-order valence-electron chi connectivity index (χ3n) is 6.25. The van der Waals surface area contributed by atoms with Gasteiger partial charge < -0.3 is 15.3 Å². The number of rotatable bonds is 8. The summed E-state index contributed by atoms with van der Waals surface area (Å²) >= 11 is 0. The number of aliphatic hydroxyl groups is 1. The summed E-state index contributed by atoms with van der Waals surface area (Å²) < 4.78 is 0. The normalized spacial score (nSPS) is 18.9. The lowest BCUT2D eigenvalue weighted by atomic mass is 10.0. The lowest BCUT2D eigenvalue weighted by Crippen LogP contribution is -2.35. The van der Waals surface area contributed by atoms with Crippen LogP contribution in [0.4, 0.5) is 0 Å². The van der Waals surface area contributed by atoms with Crippen molar-refractivity contribution in [1.82, 2.24) is 15.2 Å². The van der Waals surface area contributed by atoms with Crippen LogP contribution in [0.1, 0.15) is 52.9 Å². The maximum absolute atomic E-state index is 13.0. The minimum atomic E-state index is -0.485. The van der Waals surface area contributed by atoms with Gasteiger partial charge in [-0.05, 0) is 61.1 Å². The molecule has 1 aromatic heterocycles. The number of amides is 1. The number of benzene rings is 2. The molecular weight excluding hydrogens is 398 g/mol. The van der Waals surface area contributed by atoms with Gasteiger partial charge in [0, 0.05) is 43.1 Å². The van der Waals surface area contributed by atoms with Gasteiger partial charge in [-0.2, -0.15) is 0 Å². The molecule has 5 nitrogen and oxygen atoms in total. The van der Waals surface area contributed by atoms with E-state index in [-0.39, 0.29) is 11.9 Å². The monoisotopic (exact) mass is 429 g/mol. The molecule has 1 fully saturated rings. The average molecular weight is 430 g/mol. The number of carbonyl (C=O) groups is 1. The molecule has 5 heteroatoms. The maximum atomic E-state index is 13.0. The highest BCUT2D eigenvalue weighted by Gasteiger charge is 2.29. The Hall–Kier alpha value is -3.02. The highest BCUT2D eigenvalue weighted by molar-refractivity contribution is 5.94. The van der Waals surface area contributed by atoms with Crippen LogP contribution in [-0.2, 0) is 13.0 Å². The van der Waals surface area contributed by atoms with E-state index < -0.39 is 6.10 Å². The minimum absolute atomic E-state index is 0.0351. The number of nitrogens with zero attached hydrogens (tertiary/aromatic N) is 2. The molecule has 0 bridgehead atoms. The molecule has 0 radical (unpaired) electrons. The van der Waals surface area contributed by atoms with Crippen molar-refractivity contribution in [2.75, 3.05) is 6.54 Å². The van der Waals surface area contributed by atoms with Crippen LogP contribution in [0.3, 0.4) is 0 Å². The summed E-state index contributed by atoms with van der Waals surface area (Å²) in [4.78, 5) is 18.9. The third-order valence-corrected chi connectivity index (χ3v) is 6.25. The Kier molecular flexibility index (Phi) is 7.30. The van der Waals surface area contributed by atoms with E-state index in [0.29, 0.717) is 24.7 Å². The predicted molar refractivity (Wildman–Crippen MR) is 126 cm³/mol. The third kappa shape index (κ3) is 5.42. The van der Waals surface area contributed by atoms with Crippen molar-refractivity contribution in [1.29, 1.82) is 0 Å². The van der Waals surface area contributed by atoms with Crippen molar-refractivity contribution in [2.24, 2.45) is 0 Å². The van der Waals surface area contributed by atoms with E-state index in [1.54, 1.807) is 12.4 Å². The van der Waals surface area contributed by atoms with Crippen molar-refractivity contribution < 1.29 is 9.90 Å². The molecule has 0 spiro atoms. The van der Waals surface area contributed by atoms with Crippen molar-refractivity contribution in [2.45, 2.75) is 50.9 Å². The molecule has 32 heavy (non-hydrogen) atoms. The molecule has 0 saturated carbocycles. The number of pyridine rings is 1. The first-order valence-corrected chi connectivity index (χ1v) is 11.4. The van der Waals surface area contributed by atoms with Crippen LogP contribution in [0.15, 0.2) is 79.1 Å². The summed E-state index contributed by atoms with van der Waals surface area (Å²) in [5.74, 6) is 0.0351. The summed E-state index contributed by atoms with van der Waals surface area (Å²) in [7, 11) is 0. The van der Waals surface area contributed by atoms with E-state index in [1.165, 1.54) is 5.56 Å². The SMILES string of the molecule is CCN(Cc1cccnc1)C(=O)c1ccc(C[C@@H]2CC[C@H](C(O)c3ccccc3)N2)cc1. The Morgan fingerprint density at radius 2 is 1.84 bits per heavy atom. The first-order valence-electron chi connectivity index (χ1n) is 11.4. The van der Waals surface area contributed by atoms with Crippen molar-refractivity contribution >= 4 is 5.91 Å². The fraction of sp³-hybridized carbons (Fsp3) is 0.333. The van der Waals surface area contributed by atoms with Gasteiger partial charge in [-0.1, -0.05) is 48.5 Å². The van der Waals surface area contributed by atoms with Gasteiger partial charge in [0.15, 0.2) is 0 Å². The van der Waals surface area contributed by atoms with E-state index >= 15 is 0 Å². The van der Waals surface area contributed by atoms with Crippen LogP contribution < -0.4 is 5.32 Å². The van der Waals surface area contributed by atoms with Gasteiger partial charge in [0.1, 0.15) is 0 Å². The molecular formula is C27H31N3O2. The average Bonchev–Trinajstić information content (AvgIpc) is 3.32. The fourth-order valence-electron chi connectivity index (χ4n) is 4.43. The largest absolute Gasteiger partial charge is 0.387 e. The molecule has 3 aromatic rings. The van der Waals surface area contributed by atoms with E-state index in [2.05, 4.69) is 10.3 Å². The van der Waals surface area contributed by atoms with Gasteiger partial charge in [-0.25, -0.2) is 0 Å². The van der Waals surface area contributed by atoms with Gasteiger partial charge in [-0.3, -0.25) is 9.78 Å². The topological polar surface area (TPSA) is 65.5 Å². The quantitative estimate of drug-likeness (QED) is 0.565. The van der Waals surface area contributed by atoms with Crippen LogP contribution in [-0.4, -0.2) is 39.5 Å². The van der Waals surface area contributed by atoms with E-state index in [4.69, 9.17) is 0 Å². The number of aliphatic hydroxyl groups excluding tert-OH is 1. The van der Waals surface area contributed by atoms with Crippen molar-refractivity contribution in [3.8, 4) is 0 Å². The van der Waals surface area contributed by atoms with Gasteiger partial charge in [0.25, 0.3) is 5.91 Å². The van der Waals surface area contributed by atoms with Crippen LogP contribution >= 0.6 is 0 Å². The zero-order valence-corrected chi connectivity index (χ0v) is 18.5. The first kappa shape index (κ1) is 22.2. The number of hydrogen-bond acceptors (Lipinski definition) is 4. The number of carbonyl (C=O) groups excluding carboxylic acids is 1. The number of nitrogens with one attached hydrogen (secondary N) is 1. The minimum Gasteiger partial charge on any atom is -0.387 e. The van der Waals surface area contributed by atoms with Gasteiger partial charge in [-0.15, -0.1) is 0 Å². The summed E-state index contributed by atoms with van der Waals surface area (Å²) in [5.41, 5.74) is 3.89. The zero-order valence-electron chi connectivity index (χ0n) is 18.5. The molecule has 1 saturated heterocycles. The summed E-state index contributed by atoms with van der Waals surface area (Å²) in [5, 5.41) is 14.3. The van der Waals surface area contributed by atoms with Crippen LogP contribution in [0, 0.1) is 0 Å². The molecule has 4 rings (SSSR count). The van der Waals surface area contributed by atoms with Crippen LogP contribution in [0.5, 0.6) is 0 Å². The lowest BCUT2D eigenvalue weighted by molar-refractivity contribution is 0.0752. The predicted octanol–water partition coefficient (Wildman–Crippen LogP) is 4.14. The molecule has 166 valence electrons. The zero-order chi connectivity index (χ0) is 22.3. The summed E-state index contributed by atoms with van der Waals surface area (Å²) in [6, 6.07) is 22.1. The molecule has 3 atom stereocenters. The maximum Gasteiger partial charge on any atom is 0.254 e. The fourth-order valence-corrected chi connectivity index (χ4v) is 4.43. The molecule has 0 aliphatic carbocycles. The Morgan fingerprint density at radius 1 is 1.06 bits per heavy atom. The molecule has 2 N–H and O–H groups in total. The number of aromatic nitrogens is 1. The molecule has 2 aromatic carbocycles. The van der Waals surface area contributed by atoms with E-state index in [0.717, 1.165) is 30.4 Å². The van der Waals surface area contributed by atoms with Crippen LogP contribution in [0.2, 0.25) is 0 Å². The second-order valence-electron chi connectivity index (χ2n) is 8.48. The smallest absolute Gasteiger partial charge is 0.254 e. The molecule has 2 heterocycles. The standard InChI is InChI=1S/C27H31N3O2/c1-2-30(19-21-7-6-16-28-18-21)27(32)23-12-10-20(11-13-23)17-24-14-15-25(29-24)26(31)22-8-4-3-5-9-22/h3-13,16,18,24-26,29,31H,2,14-15,17,19H2,1H3/t24-,25+,26?/m0/s1. The Balaban J connectivity index is 1.33. The van der Waals surface area contributed by atoms with E-state index in [9.17, 15) is 9.90 Å². The van der Waals surface area contributed by atoms with Gasteiger partial charge in [0.2, 0.25) is 0 Å². The van der Waals surface area contributed by atoms with Crippen molar-refractivity contribution in [3.05, 3.63) is 101 Å². The molecule has 1 amide bonds. The first-order chi connectivity index (χ1) is 15.6. The van der Waals surface area contributed by atoms with Gasteiger partial charge in [0.05, 0.1) is 6.10 Å². The highest BCUT2D eigenvalue weighted by Crippen LogP contribution is 2.26. The highest BCUT2D eigenvalue weighted by atomic mass is 16.3. The molecule has 1 aliphatic heterocycles. The van der Waals surface area contributed by atoms with Gasteiger partial charge >= 0.3 is 0 Å². The van der Waals surface area contributed by atoms with Crippen LogP contribution in [0.25, 0.3) is 0 Å². The summed E-state index contributed by atoms with van der Waals surface area (Å²) in [6.07, 6.45) is 5.93. The Bertz CT molecular complexity index is 992. The second kappa shape index (κ2) is 10.5. The Labute approximate surface area is 190 Å². The van der Waals surface area contributed by atoms with Crippen molar-refractivity contribution in [3.63, 3.8) is 0 Å². The molecule has 1 unspecified atom stereocenters. The number of hydrogen-bond donors (Lipinski definition) is 2. The van der Waals surface area contributed by atoms with E-state index in [1.807, 2.05) is 78.6 Å².